The number of halogens is 6. The number of hydrogen-bond donors (Lipinski definition) is 0. The lowest BCUT2D eigenvalue weighted by molar-refractivity contribution is -0.142. The van der Waals surface area contributed by atoms with Gasteiger partial charge in [-0.3, -0.25) is 4.90 Å². The minimum absolute atomic E-state index is 0.0610. The highest BCUT2D eigenvalue weighted by molar-refractivity contribution is 5.74. The van der Waals surface area contributed by atoms with Gasteiger partial charge in [-0.2, -0.15) is 46.7 Å². The van der Waals surface area contributed by atoms with Crippen molar-refractivity contribution in [1.29, 1.82) is 0 Å². The molecule has 0 atom stereocenters. The van der Waals surface area contributed by atoms with Crippen molar-refractivity contribution in [2.75, 3.05) is 4.90 Å². The van der Waals surface area contributed by atoms with Crippen LogP contribution < -0.4 is 4.90 Å². The van der Waals surface area contributed by atoms with Crippen LogP contribution >= 0.6 is 0 Å². The Bertz CT molecular complexity index is 2260. The molecule has 0 saturated carbocycles. The highest BCUT2D eigenvalue weighted by Gasteiger charge is 2.35. The molecule has 0 unspecified atom stereocenters. The number of hydrogen-bond acceptors (Lipinski definition) is 7. The molecule has 17 heteroatoms. The summed E-state index contributed by atoms with van der Waals surface area (Å²) in [6.45, 7) is 3.68. The van der Waals surface area contributed by atoms with Gasteiger partial charge in [-0.15, -0.1) is 0 Å². The van der Waals surface area contributed by atoms with Crippen LogP contribution in [0, 0.1) is 13.8 Å². The number of pyridine rings is 2. The first-order chi connectivity index (χ1) is 23.3. The highest BCUT2D eigenvalue weighted by Crippen LogP contribution is 2.36. The second kappa shape index (κ2) is 11.8. The predicted molar refractivity (Wildman–Crippen MR) is 165 cm³/mol. The summed E-state index contributed by atoms with van der Waals surface area (Å²) in [4.78, 5) is 11.3. The van der Waals surface area contributed by atoms with Crippen molar-refractivity contribution in [2.24, 2.45) is 0 Å². The van der Waals surface area contributed by atoms with Gasteiger partial charge in [-0.05, 0) is 74.5 Å². The van der Waals surface area contributed by atoms with E-state index in [0.29, 0.717) is 23.0 Å². The average molecular weight is 676 g/mol. The summed E-state index contributed by atoms with van der Waals surface area (Å²) in [5.41, 5.74) is 0.223. The Hall–Kier alpha value is -6.26. The van der Waals surface area contributed by atoms with E-state index >= 15 is 0 Å². The Morgan fingerprint density at radius 3 is 1.39 bits per heavy atom. The molecule has 0 aliphatic carbocycles. The van der Waals surface area contributed by atoms with Crippen LogP contribution in [0.25, 0.3) is 23.0 Å². The van der Waals surface area contributed by atoms with E-state index in [-0.39, 0.29) is 17.3 Å². The molecule has 6 heterocycles. The van der Waals surface area contributed by atoms with Crippen LogP contribution in [0.3, 0.4) is 0 Å². The third-order valence-electron chi connectivity index (χ3n) is 7.28. The topological polar surface area (TPSA) is 100 Å². The summed E-state index contributed by atoms with van der Waals surface area (Å²) in [6.07, 6.45) is -3.94. The fourth-order valence-electron chi connectivity index (χ4n) is 5.05. The lowest BCUT2D eigenvalue weighted by Crippen LogP contribution is -2.18. The SMILES string of the molecule is Cc1ccn(-c2ccc(N(c3ccccc3)c3ccc(-n4ccc(C(F)(F)F)n4)c(-n4ccc(C(F)(F)F)n4)n3)nc2-n2ccc(C)n2)n1. The van der Waals surface area contributed by atoms with Gasteiger partial charge in [0, 0.05) is 30.5 Å². The minimum atomic E-state index is -4.78. The van der Waals surface area contributed by atoms with Gasteiger partial charge in [0.25, 0.3) is 0 Å². The molecule has 0 aliphatic rings. The van der Waals surface area contributed by atoms with Gasteiger partial charge < -0.3 is 0 Å². The van der Waals surface area contributed by atoms with Gasteiger partial charge in [0.05, 0.1) is 11.4 Å². The molecule has 0 aliphatic heterocycles. The Kier molecular flexibility index (Phi) is 7.53. The van der Waals surface area contributed by atoms with Crippen molar-refractivity contribution < 1.29 is 26.3 Å². The summed E-state index contributed by atoms with van der Waals surface area (Å²) >= 11 is 0. The summed E-state index contributed by atoms with van der Waals surface area (Å²) in [7, 11) is 0. The molecule has 1 aromatic carbocycles. The lowest BCUT2D eigenvalue weighted by Gasteiger charge is -2.25. The lowest BCUT2D eigenvalue weighted by atomic mass is 10.2. The van der Waals surface area contributed by atoms with E-state index in [2.05, 4.69) is 25.4 Å². The van der Waals surface area contributed by atoms with Crippen LogP contribution in [0.2, 0.25) is 0 Å². The first-order valence-electron chi connectivity index (χ1n) is 14.5. The Morgan fingerprint density at radius 2 is 0.918 bits per heavy atom. The number of anilines is 3. The number of para-hydroxylation sites is 1. The van der Waals surface area contributed by atoms with E-state index in [4.69, 9.17) is 4.98 Å². The smallest absolute Gasteiger partial charge is 0.279 e. The second-order valence-corrected chi connectivity index (χ2v) is 10.8. The summed E-state index contributed by atoms with van der Waals surface area (Å²) in [6, 6.07) is 20.5. The van der Waals surface area contributed by atoms with E-state index in [1.54, 1.807) is 69.1 Å². The number of alkyl halides is 6. The standard InChI is InChI=1S/C32H23F6N11/c1-20-12-16-45(41-20)23-8-10-27(39-29(23)47-17-13-21(2)42-47)49(22-6-4-3-5-7-22)28-11-9-24(46-18-14-25(43-46)31(33,34)35)30(40-28)48-19-15-26(44-48)32(36,37)38/h3-19H,1-2H3. The van der Waals surface area contributed by atoms with Crippen molar-refractivity contribution in [1.82, 2.24) is 49.1 Å². The average Bonchev–Trinajstić information content (AvgIpc) is 3.89. The van der Waals surface area contributed by atoms with Crippen LogP contribution in [0.4, 0.5) is 43.7 Å². The molecule has 6 aromatic heterocycles. The van der Waals surface area contributed by atoms with Gasteiger partial charge in [0.15, 0.2) is 23.0 Å². The zero-order valence-electron chi connectivity index (χ0n) is 25.5. The number of benzene rings is 1. The molecule has 0 amide bonds. The molecule has 0 bridgehead atoms. The van der Waals surface area contributed by atoms with Crippen LogP contribution in [-0.2, 0) is 12.4 Å². The van der Waals surface area contributed by atoms with Gasteiger partial charge in [-0.25, -0.2) is 28.7 Å². The predicted octanol–water partition coefficient (Wildman–Crippen LogP) is 7.34. The van der Waals surface area contributed by atoms with E-state index in [0.717, 1.165) is 45.3 Å². The van der Waals surface area contributed by atoms with Crippen molar-refractivity contribution >= 4 is 17.3 Å². The number of aromatic nitrogens is 10. The van der Waals surface area contributed by atoms with Gasteiger partial charge >= 0.3 is 12.4 Å². The number of nitrogens with zero attached hydrogens (tertiary/aromatic N) is 11. The molecule has 7 rings (SSSR count). The molecule has 11 nitrogen and oxygen atoms in total. The fraction of sp³-hybridized carbons (Fsp3) is 0.125. The van der Waals surface area contributed by atoms with Gasteiger partial charge in [-0.1, -0.05) is 18.2 Å². The Labute approximate surface area is 273 Å². The second-order valence-electron chi connectivity index (χ2n) is 10.8. The van der Waals surface area contributed by atoms with E-state index in [1.165, 1.54) is 12.1 Å². The molecule has 0 spiro atoms. The minimum Gasteiger partial charge on any atom is -0.279 e. The zero-order chi connectivity index (χ0) is 34.5. The third kappa shape index (κ3) is 6.13. The van der Waals surface area contributed by atoms with Crippen molar-refractivity contribution in [3.63, 3.8) is 0 Å². The molecule has 248 valence electrons. The van der Waals surface area contributed by atoms with Gasteiger partial charge in [0.1, 0.15) is 23.0 Å². The first kappa shape index (κ1) is 31.3. The Balaban J connectivity index is 1.43. The van der Waals surface area contributed by atoms with Crippen LogP contribution in [0.1, 0.15) is 22.8 Å². The van der Waals surface area contributed by atoms with Crippen LogP contribution in [0.5, 0.6) is 0 Å². The molecule has 0 saturated heterocycles. The maximum absolute atomic E-state index is 13.6. The maximum atomic E-state index is 13.6. The van der Waals surface area contributed by atoms with E-state index < -0.39 is 23.7 Å². The quantitative estimate of drug-likeness (QED) is 0.163. The largest absolute Gasteiger partial charge is 0.435 e. The molecular weight excluding hydrogens is 652 g/mol. The normalized spacial score (nSPS) is 12.1. The monoisotopic (exact) mass is 675 g/mol. The first-order valence-corrected chi connectivity index (χ1v) is 14.5. The summed E-state index contributed by atoms with van der Waals surface area (Å²) in [5.74, 6) is 0.681. The van der Waals surface area contributed by atoms with Gasteiger partial charge in [0.2, 0.25) is 0 Å². The summed E-state index contributed by atoms with van der Waals surface area (Å²) < 4.78 is 86.1. The molecule has 0 radical (unpaired) electrons. The van der Waals surface area contributed by atoms with Crippen molar-refractivity contribution in [3.8, 4) is 23.0 Å². The molecular formula is C32H23F6N11. The maximum Gasteiger partial charge on any atom is 0.435 e. The van der Waals surface area contributed by atoms with Crippen molar-refractivity contribution in [2.45, 2.75) is 26.2 Å². The fourth-order valence-corrected chi connectivity index (χ4v) is 5.05. The molecule has 0 fully saturated rings. The number of rotatable bonds is 7. The molecule has 49 heavy (non-hydrogen) atoms. The highest BCUT2D eigenvalue weighted by atomic mass is 19.4. The summed E-state index contributed by atoms with van der Waals surface area (Å²) in [5, 5.41) is 16.3. The van der Waals surface area contributed by atoms with Crippen LogP contribution in [-0.4, -0.2) is 49.1 Å². The Morgan fingerprint density at radius 1 is 0.490 bits per heavy atom. The molecule has 7 aromatic rings. The van der Waals surface area contributed by atoms with Crippen molar-refractivity contribution in [3.05, 3.63) is 126 Å². The number of aryl methyl sites for hydroxylation is 2. The van der Waals surface area contributed by atoms with Crippen LogP contribution in [0.15, 0.2) is 104 Å². The third-order valence-corrected chi connectivity index (χ3v) is 7.28. The van der Waals surface area contributed by atoms with E-state index in [1.807, 2.05) is 26.0 Å². The zero-order valence-corrected chi connectivity index (χ0v) is 25.5. The molecule has 0 N–H and O–H groups in total. The van der Waals surface area contributed by atoms with E-state index in [9.17, 15) is 26.3 Å².